The third kappa shape index (κ3) is 3.31. The van der Waals surface area contributed by atoms with Gasteiger partial charge in [0.2, 0.25) is 0 Å². The van der Waals surface area contributed by atoms with E-state index in [0.717, 1.165) is 15.7 Å². The Labute approximate surface area is 199 Å². The second-order valence-electron chi connectivity index (χ2n) is 7.72. The van der Waals surface area contributed by atoms with Gasteiger partial charge in [0, 0.05) is 28.6 Å². The molecular weight excluding hydrogens is 481 g/mol. The molecule has 0 spiro atoms. The lowest BCUT2D eigenvalue weighted by Gasteiger charge is -2.12. The van der Waals surface area contributed by atoms with E-state index >= 15 is 0 Å². The van der Waals surface area contributed by atoms with E-state index in [1.54, 1.807) is 30.5 Å². The fourth-order valence-electron chi connectivity index (χ4n) is 3.98. The standard InChI is InChI=1S/C24H19ClFN3O4S/c1-13-4-6-14(7-5-13)34(30,31)29-20(8-16-23(25)18(26)12-28-24(16)29)17-11-27-19-10-22(33-3)21(32-2)9-15(17)19/h4-12,27H,1-3H3. The van der Waals surface area contributed by atoms with E-state index in [9.17, 15) is 12.8 Å². The Morgan fingerprint density at radius 2 is 1.71 bits per heavy atom. The number of H-pyrrole nitrogens is 1. The van der Waals surface area contributed by atoms with Crippen molar-refractivity contribution in [3.63, 3.8) is 0 Å². The Morgan fingerprint density at radius 1 is 1.03 bits per heavy atom. The number of aryl methyl sites for hydroxylation is 1. The monoisotopic (exact) mass is 499 g/mol. The van der Waals surface area contributed by atoms with Gasteiger partial charge in [0.25, 0.3) is 10.0 Å². The molecule has 5 rings (SSSR count). The summed E-state index contributed by atoms with van der Waals surface area (Å²) in [6, 6.07) is 11.5. The molecule has 0 aliphatic rings. The van der Waals surface area contributed by atoms with Crippen LogP contribution < -0.4 is 9.47 Å². The van der Waals surface area contributed by atoms with Crippen molar-refractivity contribution in [1.82, 2.24) is 13.9 Å². The number of hydrogen-bond donors (Lipinski definition) is 1. The average Bonchev–Trinajstić information content (AvgIpc) is 3.42. The van der Waals surface area contributed by atoms with Gasteiger partial charge in [-0.2, -0.15) is 0 Å². The van der Waals surface area contributed by atoms with Crippen molar-refractivity contribution in [2.75, 3.05) is 14.2 Å². The number of pyridine rings is 1. The highest BCUT2D eigenvalue weighted by molar-refractivity contribution is 7.90. The van der Waals surface area contributed by atoms with Crippen LogP contribution in [0.1, 0.15) is 5.56 Å². The Bertz CT molecular complexity index is 1670. The first kappa shape index (κ1) is 22.2. The van der Waals surface area contributed by atoms with Crippen LogP contribution in [0.4, 0.5) is 4.39 Å². The molecule has 5 aromatic rings. The molecule has 3 heterocycles. The second kappa shape index (κ2) is 8.03. The number of nitrogens with zero attached hydrogens (tertiary/aromatic N) is 2. The van der Waals surface area contributed by atoms with Crippen LogP contribution in [0.25, 0.3) is 33.2 Å². The zero-order chi connectivity index (χ0) is 24.2. The number of aromatic nitrogens is 3. The van der Waals surface area contributed by atoms with E-state index in [-0.39, 0.29) is 26.6 Å². The molecule has 174 valence electrons. The summed E-state index contributed by atoms with van der Waals surface area (Å²) in [6.45, 7) is 1.87. The SMILES string of the molecule is COc1cc2[nH]cc(-c3cc4c(Cl)c(F)cnc4n3S(=O)(=O)c3ccc(C)cc3)c2cc1OC. The van der Waals surface area contributed by atoms with E-state index in [4.69, 9.17) is 21.1 Å². The molecule has 1 N–H and O–H groups in total. The van der Waals surface area contributed by atoms with Crippen molar-refractivity contribution in [2.24, 2.45) is 0 Å². The average molecular weight is 500 g/mol. The van der Waals surface area contributed by atoms with E-state index in [1.165, 1.54) is 32.4 Å². The summed E-state index contributed by atoms with van der Waals surface area (Å²) in [5, 5.41) is 0.655. The molecule has 0 unspecified atom stereocenters. The van der Waals surface area contributed by atoms with E-state index in [0.29, 0.717) is 28.0 Å². The predicted molar refractivity (Wildman–Crippen MR) is 129 cm³/mol. The molecule has 0 aliphatic heterocycles. The van der Waals surface area contributed by atoms with Crippen LogP contribution in [0.3, 0.4) is 0 Å². The molecule has 0 bridgehead atoms. The van der Waals surface area contributed by atoms with Crippen LogP contribution in [0.5, 0.6) is 11.5 Å². The molecule has 0 fully saturated rings. The molecule has 2 aromatic carbocycles. The molecule has 0 saturated heterocycles. The predicted octanol–water partition coefficient (Wildman–Crippen LogP) is 5.54. The quantitative estimate of drug-likeness (QED) is 0.343. The maximum absolute atomic E-state index is 14.2. The molecule has 0 saturated carbocycles. The largest absolute Gasteiger partial charge is 0.493 e. The number of rotatable bonds is 5. The van der Waals surface area contributed by atoms with Crippen LogP contribution in [0.2, 0.25) is 5.02 Å². The third-order valence-electron chi connectivity index (χ3n) is 5.70. The van der Waals surface area contributed by atoms with Crippen LogP contribution in [0, 0.1) is 12.7 Å². The highest BCUT2D eigenvalue weighted by Gasteiger charge is 2.28. The first-order chi connectivity index (χ1) is 16.3. The van der Waals surface area contributed by atoms with Crippen molar-refractivity contribution < 1.29 is 22.3 Å². The molecule has 0 amide bonds. The van der Waals surface area contributed by atoms with Crippen molar-refractivity contribution >= 4 is 43.6 Å². The molecule has 3 aromatic heterocycles. The fraction of sp³-hybridized carbons (Fsp3) is 0.125. The van der Waals surface area contributed by atoms with Gasteiger partial charge in [-0.05, 0) is 31.2 Å². The maximum Gasteiger partial charge on any atom is 0.269 e. The van der Waals surface area contributed by atoms with Gasteiger partial charge in [-0.3, -0.25) is 0 Å². The Balaban J connectivity index is 1.87. The van der Waals surface area contributed by atoms with Crippen molar-refractivity contribution in [1.29, 1.82) is 0 Å². The summed E-state index contributed by atoms with van der Waals surface area (Å²) >= 11 is 6.23. The minimum Gasteiger partial charge on any atom is -0.493 e. The zero-order valence-corrected chi connectivity index (χ0v) is 20.0. The van der Waals surface area contributed by atoms with E-state index in [2.05, 4.69) is 9.97 Å². The Morgan fingerprint density at radius 3 is 2.38 bits per heavy atom. The summed E-state index contributed by atoms with van der Waals surface area (Å²) in [4.78, 5) is 7.30. The molecular formula is C24H19ClFN3O4S. The highest BCUT2D eigenvalue weighted by Crippen LogP contribution is 2.41. The number of fused-ring (bicyclic) bond motifs is 2. The first-order valence-corrected chi connectivity index (χ1v) is 12.0. The molecule has 0 aliphatic carbocycles. The number of methoxy groups -OCH3 is 2. The van der Waals surface area contributed by atoms with E-state index < -0.39 is 15.8 Å². The number of halogens is 2. The van der Waals surface area contributed by atoms with Gasteiger partial charge in [-0.25, -0.2) is 21.8 Å². The summed E-state index contributed by atoms with van der Waals surface area (Å²) < 4.78 is 53.8. The van der Waals surface area contributed by atoms with Gasteiger partial charge in [0.1, 0.15) is 0 Å². The lowest BCUT2D eigenvalue weighted by atomic mass is 10.1. The van der Waals surface area contributed by atoms with Crippen LogP contribution in [-0.4, -0.2) is 36.6 Å². The van der Waals surface area contributed by atoms with Crippen molar-refractivity contribution in [3.05, 3.63) is 71.3 Å². The maximum atomic E-state index is 14.2. The van der Waals surface area contributed by atoms with Gasteiger partial charge in [-0.1, -0.05) is 29.3 Å². The summed E-state index contributed by atoms with van der Waals surface area (Å²) in [7, 11) is -1.07. The van der Waals surface area contributed by atoms with Gasteiger partial charge in [0.15, 0.2) is 23.0 Å². The normalized spacial score (nSPS) is 11.9. The van der Waals surface area contributed by atoms with Crippen molar-refractivity contribution in [3.8, 4) is 22.8 Å². The van der Waals surface area contributed by atoms with Gasteiger partial charge in [0.05, 0.1) is 41.5 Å². The number of nitrogens with one attached hydrogen (secondary N) is 1. The minimum atomic E-state index is -4.12. The lowest BCUT2D eigenvalue weighted by Crippen LogP contribution is -2.14. The smallest absolute Gasteiger partial charge is 0.269 e. The van der Waals surface area contributed by atoms with E-state index in [1.807, 2.05) is 6.92 Å². The number of aromatic amines is 1. The topological polar surface area (TPSA) is 86.2 Å². The molecule has 0 radical (unpaired) electrons. The summed E-state index contributed by atoms with van der Waals surface area (Å²) in [6.07, 6.45) is 2.59. The second-order valence-corrected chi connectivity index (χ2v) is 9.89. The summed E-state index contributed by atoms with van der Waals surface area (Å²) in [5.74, 6) is 0.251. The molecule has 34 heavy (non-hydrogen) atoms. The highest BCUT2D eigenvalue weighted by atomic mass is 35.5. The lowest BCUT2D eigenvalue weighted by molar-refractivity contribution is 0.356. The summed E-state index contributed by atoms with van der Waals surface area (Å²) in [5.41, 5.74) is 2.45. The fourth-order valence-corrected chi connectivity index (χ4v) is 5.64. The third-order valence-corrected chi connectivity index (χ3v) is 7.80. The number of benzene rings is 2. The number of ether oxygens (including phenoxy) is 2. The molecule has 7 nitrogen and oxygen atoms in total. The Kier molecular flexibility index (Phi) is 5.26. The first-order valence-electron chi connectivity index (χ1n) is 10.2. The van der Waals surface area contributed by atoms with Gasteiger partial charge >= 0.3 is 0 Å². The molecule has 10 heteroatoms. The Hall–Kier alpha value is -3.56. The van der Waals surface area contributed by atoms with Gasteiger partial charge in [-0.15, -0.1) is 0 Å². The van der Waals surface area contributed by atoms with Crippen molar-refractivity contribution in [2.45, 2.75) is 11.8 Å². The number of hydrogen-bond acceptors (Lipinski definition) is 5. The zero-order valence-electron chi connectivity index (χ0n) is 18.4. The van der Waals surface area contributed by atoms with Gasteiger partial charge < -0.3 is 14.5 Å². The minimum absolute atomic E-state index is 0.0248. The molecule has 0 atom stereocenters. The van der Waals surface area contributed by atoms with Crippen LogP contribution in [0.15, 0.2) is 59.8 Å². The van der Waals surface area contributed by atoms with Crippen LogP contribution in [-0.2, 0) is 10.0 Å². The van der Waals surface area contributed by atoms with Crippen LogP contribution >= 0.6 is 11.6 Å².